The maximum atomic E-state index is 11.2. The van der Waals surface area contributed by atoms with Gasteiger partial charge in [0.25, 0.3) is 0 Å². The van der Waals surface area contributed by atoms with Crippen molar-refractivity contribution in [3.05, 3.63) is 40.8 Å². The van der Waals surface area contributed by atoms with Crippen molar-refractivity contribution < 1.29 is 0 Å². The number of aromatic nitrogens is 3. The predicted molar refractivity (Wildman–Crippen MR) is 62.1 cm³/mol. The van der Waals surface area contributed by atoms with Crippen LogP contribution in [0.4, 0.5) is 5.82 Å². The molecule has 16 heavy (non-hydrogen) atoms. The van der Waals surface area contributed by atoms with Gasteiger partial charge < -0.3 is 5.73 Å². The fourth-order valence-electron chi connectivity index (χ4n) is 1.70. The van der Waals surface area contributed by atoms with Gasteiger partial charge >= 0.3 is 5.69 Å². The third-order valence-electron chi connectivity index (χ3n) is 2.44. The summed E-state index contributed by atoms with van der Waals surface area (Å²) in [7, 11) is 0. The van der Waals surface area contributed by atoms with Crippen molar-refractivity contribution in [1.82, 2.24) is 15.0 Å². The van der Waals surface area contributed by atoms with Crippen LogP contribution in [0.25, 0.3) is 21.9 Å². The number of hydrogen-bond donors (Lipinski definition) is 2. The molecule has 0 saturated carbocycles. The predicted octanol–water partition coefficient (Wildman–Crippen LogP) is 1.05. The van der Waals surface area contributed by atoms with E-state index in [-0.39, 0.29) is 0 Å². The molecule has 0 unspecified atom stereocenters. The van der Waals surface area contributed by atoms with Crippen LogP contribution in [0.3, 0.4) is 0 Å². The molecule has 0 aliphatic heterocycles. The first kappa shape index (κ1) is 8.84. The van der Waals surface area contributed by atoms with Gasteiger partial charge in [0.15, 0.2) is 5.65 Å². The summed E-state index contributed by atoms with van der Waals surface area (Å²) in [6, 6.07) is 9.49. The lowest BCUT2D eigenvalue weighted by Gasteiger charge is -2.02. The molecule has 5 heteroatoms. The average molecular weight is 212 g/mol. The lowest BCUT2D eigenvalue weighted by Crippen LogP contribution is -2.13. The van der Waals surface area contributed by atoms with E-state index < -0.39 is 5.69 Å². The standard InChI is InChI=1S/C11H8N4O/c12-9-7-5-6-3-1-2-4-8(6)13-10(7)15-11(16)14-9/h1-5H,(H3,12,13,14,15,16). The number of para-hydroxylation sites is 1. The van der Waals surface area contributed by atoms with E-state index >= 15 is 0 Å². The molecule has 0 fully saturated rings. The van der Waals surface area contributed by atoms with E-state index in [1.165, 1.54) is 0 Å². The molecule has 3 rings (SSSR count). The summed E-state index contributed by atoms with van der Waals surface area (Å²) in [6.07, 6.45) is 0. The molecule has 0 atom stereocenters. The van der Waals surface area contributed by atoms with Crippen molar-refractivity contribution >= 4 is 27.8 Å². The molecule has 5 nitrogen and oxygen atoms in total. The van der Waals surface area contributed by atoms with Crippen LogP contribution in [0.5, 0.6) is 0 Å². The van der Waals surface area contributed by atoms with Gasteiger partial charge in [0.05, 0.1) is 10.9 Å². The summed E-state index contributed by atoms with van der Waals surface area (Å²) < 4.78 is 0. The van der Waals surface area contributed by atoms with Gasteiger partial charge in [-0.15, -0.1) is 0 Å². The number of H-pyrrole nitrogens is 1. The maximum absolute atomic E-state index is 11.2. The second kappa shape index (κ2) is 3.03. The molecule has 2 heterocycles. The van der Waals surface area contributed by atoms with E-state index in [0.717, 1.165) is 10.9 Å². The van der Waals surface area contributed by atoms with Gasteiger partial charge in [-0.3, -0.25) is 4.98 Å². The van der Waals surface area contributed by atoms with Gasteiger partial charge in [-0.1, -0.05) is 18.2 Å². The molecule has 0 amide bonds. The fourth-order valence-corrected chi connectivity index (χ4v) is 1.70. The van der Waals surface area contributed by atoms with Gasteiger partial charge in [0.1, 0.15) is 5.82 Å². The van der Waals surface area contributed by atoms with Crippen LogP contribution < -0.4 is 11.4 Å². The number of nitrogens with one attached hydrogen (secondary N) is 1. The van der Waals surface area contributed by atoms with E-state index in [1.54, 1.807) is 0 Å². The van der Waals surface area contributed by atoms with Crippen molar-refractivity contribution in [3.63, 3.8) is 0 Å². The van der Waals surface area contributed by atoms with Crippen LogP contribution in [-0.2, 0) is 0 Å². The second-order valence-electron chi connectivity index (χ2n) is 3.51. The van der Waals surface area contributed by atoms with E-state index in [9.17, 15) is 4.79 Å². The van der Waals surface area contributed by atoms with Crippen molar-refractivity contribution in [2.45, 2.75) is 0 Å². The molecule has 0 bridgehead atoms. The summed E-state index contributed by atoms with van der Waals surface area (Å²) in [4.78, 5) is 21.7. The number of aromatic amines is 1. The normalized spacial score (nSPS) is 11.0. The van der Waals surface area contributed by atoms with Gasteiger partial charge in [-0.05, 0) is 12.1 Å². The number of pyridine rings is 1. The minimum absolute atomic E-state index is 0.299. The molecule has 0 saturated heterocycles. The highest BCUT2D eigenvalue weighted by Gasteiger charge is 2.04. The molecular formula is C11H8N4O. The fraction of sp³-hybridized carbons (Fsp3) is 0. The first-order valence-corrected chi connectivity index (χ1v) is 4.79. The summed E-state index contributed by atoms with van der Waals surface area (Å²) in [5.74, 6) is 0.299. The van der Waals surface area contributed by atoms with E-state index in [4.69, 9.17) is 5.73 Å². The van der Waals surface area contributed by atoms with E-state index in [2.05, 4.69) is 15.0 Å². The van der Waals surface area contributed by atoms with E-state index in [0.29, 0.717) is 16.9 Å². The Balaban J connectivity index is 2.56. The maximum Gasteiger partial charge on any atom is 0.348 e. The zero-order valence-corrected chi connectivity index (χ0v) is 8.27. The third-order valence-corrected chi connectivity index (χ3v) is 2.44. The second-order valence-corrected chi connectivity index (χ2v) is 3.51. The number of benzene rings is 1. The minimum Gasteiger partial charge on any atom is -0.385 e. The van der Waals surface area contributed by atoms with Crippen LogP contribution in [0.2, 0.25) is 0 Å². The Morgan fingerprint density at radius 3 is 2.88 bits per heavy atom. The molecule has 3 N–H and O–H groups in total. The number of fused-ring (bicyclic) bond motifs is 2. The number of nitrogens with zero attached hydrogens (tertiary/aromatic N) is 2. The highest BCUT2D eigenvalue weighted by atomic mass is 16.1. The highest BCUT2D eigenvalue weighted by molar-refractivity contribution is 5.95. The average Bonchev–Trinajstić information content (AvgIpc) is 2.27. The Bertz CT molecular complexity index is 748. The van der Waals surface area contributed by atoms with Gasteiger partial charge in [0.2, 0.25) is 0 Å². The van der Waals surface area contributed by atoms with Crippen molar-refractivity contribution in [3.8, 4) is 0 Å². The Hall–Kier alpha value is -2.43. The monoisotopic (exact) mass is 212 g/mol. The SMILES string of the molecule is Nc1[nH]c(=O)nc2nc3ccccc3cc12. The Morgan fingerprint density at radius 2 is 2.00 bits per heavy atom. The zero-order chi connectivity index (χ0) is 11.1. The number of hydrogen-bond acceptors (Lipinski definition) is 4. The Kier molecular flexibility index (Phi) is 1.67. The summed E-state index contributed by atoms with van der Waals surface area (Å²) in [5, 5.41) is 1.63. The van der Waals surface area contributed by atoms with Crippen molar-refractivity contribution in [2.75, 3.05) is 5.73 Å². The van der Waals surface area contributed by atoms with Gasteiger partial charge in [-0.25, -0.2) is 9.78 Å². The molecule has 0 radical (unpaired) electrons. The number of nitrogen functional groups attached to an aromatic ring is 1. The van der Waals surface area contributed by atoms with Crippen LogP contribution in [0, 0.1) is 0 Å². The lowest BCUT2D eigenvalue weighted by molar-refractivity contribution is 1.11. The molecule has 3 aromatic rings. The minimum atomic E-state index is -0.479. The molecule has 1 aromatic carbocycles. The van der Waals surface area contributed by atoms with Crippen LogP contribution in [0.1, 0.15) is 0 Å². The topological polar surface area (TPSA) is 84.7 Å². The molecule has 78 valence electrons. The molecule has 2 aromatic heterocycles. The lowest BCUT2D eigenvalue weighted by atomic mass is 10.2. The van der Waals surface area contributed by atoms with Crippen LogP contribution in [0.15, 0.2) is 35.1 Å². The number of nitrogens with two attached hydrogens (primary N) is 1. The highest BCUT2D eigenvalue weighted by Crippen LogP contribution is 2.19. The Labute approximate surface area is 90.0 Å². The van der Waals surface area contributed by atoms with Crippen molar-refractivity contribution in [1.29, 1.82) is 0 Å². The quantitative estimate of drug-likeness (QED) is 0.545. The van der Waals surface area contributed by atoms with Crippen LogP contribution >= 0.6 is 0 Å². The van der Waals surface area contributed by atoms with Gasteiger partial charge in [0, 0.05) is 5.39 Å². The van der Waals surface area contributed by atoms with Crippen molar-refractivity contribution in [2.24, 2.45) is 0 Å². The third kappa shape index (κ3) is 1.22. The number of anilines is 1. The molecule has 0 aliphatic rings. The zero-order valence-electron chi connectivity index (χ0n) is 8.27. The summed E-state index contributed by atoms with van der Waals surface area (Å²) in [6.45, 7) is 0. The first-order chi connectivity index (χ1) is 7.74. The Morgan fingerprint density at radius 1 is 1.19 bits per heavy atom. The first-order valence-electron chi connectivity index (χ1n) is 4.79. The summed E-state index contributed by atoms with van der Waals surface area (Å²) >= 11 is 0. The van der Waals surface area contributed by atoms with E-state index in [1.807, 2.05) is 30.3 Å². The molecule has 0 aliphatic carbocycles. The molecule has 0 spiro atoms. The van der Waals surface area contributed by atoms with Gasteiger partial charge in [-0.2, -0.15) is 4.98 Å². The smallest absolute Gasteiger partial charge is 0.348 e. The number of rotatable bonds is 0. The molecular weight excluding hydrogens is 204 g/mol. The van der Waals surface area contributed by atoms with Crippen LogP contribution in [-0.4, -0.2) is 15.0 Å². The summed E-state index contributed by atoms with van der Waals surface area (Å²) in [5.41, 5.74) is 6.41. The largest absolute Gasteiger partial charge is 0.385 e.